The van der Waals surface area contributed by atoms with Crippen LogP contribution >= 0.6 is 22.6 Å². The van der Waals surface area contributed by atoms with Crippen LogP contribution in [-0.4, -0.2) is 16.7 Å². The highest BCUT2D eigenvalue weighted by molar-refractivity contribution is 14.1. The van der Waals surface area contributed by atoms with Crippen LogP contribution in [0.4, 0.5) is 5.69 Å². The summed E-state index contributed by atoms with van der Waals surface area (Å²) < 4.78 is 1.12. The van der Waals surface area contributed by atoms with Crippen LogP contribution in [0.15, 0.2) is 30.3 Å². The Balaban J connectivity index is 2.18. The minimum Gasteiger partial charge on any atom is -0.348 e. The van der Waals surface area contributed by atoms with Gasteiger partial charge >= 0.3 is 0 Å². The van der Waals surface area contributed by atoms with Crippen LogP contribution in [0.5, 0.6) is 0 Å². The average Bonchev–Trinajstić information content (AvgIpc) is 2.82. The molecule has 2 rings (SSSR count). The van der Waals surface area contributed by atoms with Gasteiger partial charge in [-0.1, -0.05) is 0 Å². The fourth-order valence-corrected chi connectivity index (χ4v) is 2.34. The average molecular weight is 368 g/mol. The number of Topliss-reactive ketones (excluding diaryl/α,β-unsaturated/α-hetero) is 1. The molecule has 0 unspecified atom stereocenters. The van der Waals surface area contributed by atoms with Crippen molar-refractivity contribution in [1.29, 1.82) is 0 Å². The molecule has 0 atom stereocenters. The summed E-state index contributed by atoms with van der Waals surface area (Å²) in [6.45, 7) is 3.39. The van der Waals surface area contributed by atoms with Crippen molar-refractivity contribution in [2.75, 3.05) is 5.32 Å². The molecule has 0 radical (unpaired) electrons. The molecule has 2 aromatic rings. The number of benzene rings is 1. The standard InChI is InChI=1S/C14H13IN2O2/c1-8-7-10(15)3-4-11(8)17-14(19)13-6-5-12(16-13)9(2)18/h3-7,16H,1-2H3,(H,17,19). The molecule has 0 aliphatic carbocycles. The Hall–Kier alpha value is -1.63. The molecule has 0 saturated carbocycles. The summed E-state index contributed by atoms with van der Waals surface area (Å²) in [5, 5.41) is 2.82. The monoisotopic (exact) mass is 368 g/mol. The maximum atomic E-state index is 12.0. The Kier molecular flexibility index (Phi) is 4.04. The van der Waals surface area contributed by atoms with Gasteiger partial charge in [0.05, 0.1) is 5.69 Å². The molecule has 0 saturated heterocycles. The number of amides is 1. The third-order valence-corrected chi connectivity index (χ3v) is 3.42. The summed E-state index contributed by atoms with van der Waals surface area (Å²) >= 11 is 2.22. The number of aromatic nitrogens is 1. The molecule has 0 spiro atoms. The van der Waals surface area contributed by atoms with Gasteiger partial charge in [0, 0.05) is 16.2 Å². The van der Waals surface area contributed by atoms with Gasteiger partial charge in [-0.15, -0.1) is 0 Å². The van der Waals surface area contributed by atoms with Gasteiger partial charge in [0.1, 0.15) is 5.69 Å². The van der Waals surface area contributed by atoms with Crippen LogP contribution in [0.2, 0.25) is 0 Å². The van der Waals surface area contributed by atoms with E-state index in [0.29, 0.717) is 11.4 Å². The van der Waals surface area contributed by atoms with Crippen molar-refractivity contribution in [3.63, 3.8) is 0 Å². The highest BCUT2D eigenvalue weighted by atomic mass is 127. The molecule has 0 fully saturated rings. The number of H-pyrrole nitrogens is 1. The number of hydrogen-bond acceptors (Lipinski definition) is 2. The Morgan fingerprint density at radius 3 is 2.42 bits per heavy atom. The Morgan fingerprint density at radius 2 is 1.84 bits per heavy atom. The minimum absolute atomic E-state index is 0.0931. The lowest BCUT2D eigenvalue weighted by Crippen LogP contribution is -2.13. The quantitative estimate of drug-likeness (QED) is 0.645. The molecule has 1 heterocycles. The summed E-state index contributed by atoms with van der Waals surface area (Å²) in [6, 6.07) is 9.00. The van der Waals surface area contributed by atoms with Crippen LogP contribution in [0.1, 0.15) is 33.5 Å². The summed E-state index contributed by atoms with van der Waals surface area (Å²) in [5.74, 6) is -0.346. The van der Waals surface area contributed by atoms with E-state index < -0.39 is 0 Å². The largest absolute Gasteiger partial charge is 0.348 e. The van der Waals surface area contributed by atoms with Gasteiger partial charge in [0.15, 0.2) is 5.78 Å². The van der Waals surface area contributed by atoms with E-state index in [0.717, 1.165) is 14.8 Å². The second-order valence-corrected chi connectivity index (χ2v) is 5.50. The van der Waals surface area contributed by atoms with E-state index in [9.17, 15) is 9.59 Å². The van der Waals surface area contributed by atoms with Crippen LogP contribution < -0.4 is 5.32 Å². The predicted molar refractivity (Wildman–Crippen MR) is 82.6 cm³/mol. The van der Waals surface area contributed by atoms with Crippen LogP contribution in [-0.2, 0) is 0 Å². The molecule has 5 heteroatoms. The number of halogens is 1. The van der Waals surface area contributed by atoms with Gasteiger partial charge in [-0.25, -0.2) is 0 Å². The lowest BCUT2D eigenvalue weighted by molar-refractivity contribution is 0.101. The summed E-state index contributed by atoms with van der Waals surface area (Å²) in [7, 11) is 0. The van der Waals surface area contributed by atoms with E-state index in [1.54, 1.807) is 12.1 Å². The second-order valence-electron chi connectivity index (χ2n) is 4.26. The highest BCUT2D eigenvalue weighted by Gasteiger charge is 2.11. The van der Waals surface area contributed by atoms with E-state index in [1.165, 1.54) is 6.92 Å². The Bertz CT molecular complexity index is 647. The number of nitrogens with one attached hydrogen (secondary N) is 2. The van der Waals surface area contributed by atoms with E-state index >= 15 is 0 Å². The maximum Gasteiger partial charge on any atom is 0.272 e. The zero-order chi connectivity index (χ0) is 14.0. The molecule has 0 bridgehead atoms. The molecule has 0 aliphatic heterocycles. The van der Waals surface area contributed by atoms with Crippen LogP contribution in [0.25, 0.3) is 0 Å². The maximum absolute atomic E-state index is 12.0. The number of hydrogen-bond donors (Lipinski definition) is 2. The summed E-state index contributed by atoms with van der Waals surface area (Å²) in [5.41, 5.74) is 2.58. The first-order valence-corrected chi connectivity index (χ1v) is 6.82. The van der Waals surface area contributed by atoms with E-state index in [-0.39, 0.29) is 11.7 Å². The Labute approximate surface area is 124 Å². The molecular formula is C14H13IN2O2. The minimum atomic E-state index is -0.253. The number of ketones is 1. The van der Waals surface area contributed by atoms with Crippen molar-refractivity contribution in [3.05, 3.63) is 50.9 Å². The molecule has 1 aromatic carbocycles. The summed E-state index contributed by atoms with van der Waals surface area (Å²) in [6.07, 6.45) is 0. The molecule has 4 nitrogen and oxygen atoms in total. The first kappa shape index (κ1) is 13.8. The van der Waals surface area contributed by atoms with E-state index in [4.69, 9.17) is 0 Å². The highest BCUT2D eigenvalue weighted by Crippen LogP contribution is 2.18. The molecular weight excluding hydrogens is 355 g/mol. The fourth-order valence-electron chi connectivity index (χ4n) is 1.69. The first-order valence-electron chi connectivity index (χ1n) is 5.75. The zero-order valence-corrected chi connectivity index (χ0v) is 12.7. The first-order chi connectivity index (χ1) is 8.97. The summed E-state index contributed by atoms with van der Waals surface area (Å²) in [4.78, 5) is 26.0. The van der Waals surface area contributed by atoms with Crippen LogP contribution in [0.3, 0.4) is 0 Å². The van der Waals surface area contributed by atoms with Crippen molar-refractivity contribution >= 4 is 40.0 Å². The van der Waals surface area contributed by atoms with Gasteiger partial charge in [0.2, 0.25) is 0 Å². The normalized spacial score (nSPS) is 10.3. The lowest BCUT2D eigenvalue weighted by atomic mass is 10.2. The number of carbonyl (C=O) groups excluding carboxylic acids is 2. The lowest BCUT2D eigenvalue weighted by Gasteiger charge is -2.07. The number of aromatic amines is 1. The number of aryl methyl sites for hydroxylation is 1. The number of carbonyl (C=O) groups is 2. The van der Waals surface area contributed by atoms with Gasteiger partial charge in [-0.2, -0.15) is 0 Å². The SMILES string of the molecule is CC(=O)c1ccc(C(=O)Nc2ccc(I)cc2C)[nH]1. The van der Waals surface area contributed by atoms with Gasteiger partial charge in [-0.3, -0.25) is 9.59 Å². The zero-order valence-electron chi connectivity index (χ0n) is 10.6. The van der Waals surface area contributed by atoms with Crippen molar-refractivity contribution in [2.45, 2.75) is 13.8 Å². The number of anilines is 1. The second kappa shape index (κ2) is 5.56. The van der Waals surface area contributed by atoms with Gasteiger partial charge in [0.25, 0.3) is 5.91 Å². The molecule has 19 heavy (non-hydrogen) atoms. The molecule has 0 aliphatic rings. The molecule has 1 amide bonds. The van der Waals surface area contributed by atoms with Crippen molar-refractivity contribution in [1.82, 2.24) is 4.98 Å². The Morgan fingerprint density at radius 1 is 1.16 bits per heavy atom. The van der Waals surface area contributed by atoms with Gasteiger partial charge < -0.3 is 10.3 Å². The third-order valence-electron chi connectivity index (χ3n) is 2.75. The van der Waals surface area contributed by atoms with Crippen molar-refractivity contribution in [2.24, 2.45) is 0 Å². The fraction of sp³-hybridized carbons (Fsp3) is 0.143. The van der Waals surface area contributed by atoms with Crippen molar-refractivity contribution in [3.8, 4) is 0 Å². The van der Waals surface area contributed by atoms with Gasteiger partial charge in [-0.05, 0) is 65.4 Å². The topological polar surface area (TPSA) is 62.0 Å². The van der Waals surface area contributed by atoms with Crippen LogP contribution in [0, 0.1) is 10.5 Å². The smallest absolute Gasteiger partial charge is 0.272 e. The third kappa shape index (κ3) is 3.23. The van der Waals surface area contributed by atoms with E-state index in [1.807, 2.05) is 25.1 Å². The van der Waals surface area contributed by atoms with E-state index in [2.05, 4.69) is 32.9 Å². The molecule has 2 N–H and O–H groups in total. The predicted octanol–water partition coefficient (Wildman–Crippen LogP) is 3.38. The molecule has 1 aromatic heterocycles. The number of rotatable bonds is 3. The van der Waals surface area contributed by atoms with Crippen molar-refractivity contribution < 1.29 is 9.59 Å². The molecule has 98 valence electrons.